The lowest BCUT2D eigenvalue weighted by Crippen LogP contribution is -2.58. The first-order valence-electron chi connectivity index (χ1n) is 24.5. The van der Waals surface area contributed by atoms with E-state index in [2.05, 4.69) is 26.1 Å². The van der Waals surface area contributed by atoms with E-state index in [1.54, 1.807) is 72.0 Å². The van der Waals surface area contributed by atoms with E-state index < -0.39 is 35.4 Å². The van der Waals surface area contributed by atoms with Gasteiger partial charge >= 0.3 is 0 Å². The van der Waals surface area contributed by atoms with Crippen LogP contribution in [0.4, 0.5) is 0 Å². The average Bonchev–Trinajstić information content (AvgIpc) is 4.13. The lowest BCUT2D eigenvalue weighted by atomic mass is 9.85. The van der Waals surface area contributed by atoms with Crippen LogP contribution < -0.4 is 20.8 Å². The average molecular weight is 1050 g/mol. The summed E-state index contributed by atoms with van der Waals surface area (Å²) in [6.45, 7) is 9.77. The smallest absolute Gasteiger partial charge is 0.271 e. The predicted molar refractivity (Wildman–Crippen MR) is 291 cm³/mol. The number of thiophene rings is 1. The molecule has 8 rings (SSSR count). The van der Waals surface area contributed by atoms with Crippen molar-refractivity contribution in [2.45, 2.75) is 65.3 Å². The highest BCUT2D eigenvalue weighted by Gasteiger charge is 2.44. The molecule has 1 aliphatic rings. The number of carbonyl (C=O) groups is 4. The molecule has 4 atom stereocenters. The molecule has 7 aromatic rings. The number of rotatable bonds is 20. The number of fused-ring (bicyclic) bond motifs is 1. The number of thiazole rings is 1. The third-order valence-electron chi connectivity index (χ3n) is 12.7. The van der Waals surface area contributed by atoms with Crippen LogP contribution >= 0.6 is 22.7 Å². The summed E-state index contributed by atoms with van der Waals surface area (Å²) in [5.41, 5.74) is 10.5. The second-order valence-electron chi connectivity index (χ2n) is 19.3. The number of aromatic nitrogens is 1. The molecule has 16 nitrogen and oxygen atoms in total. The Labute approximate surface area is 443 Å². The van der Waals surface area contributed by atoms with E-state index in [9.17, 15) is 34.5 Å². The molecule has 1 aliphatic heterocycles. The number of amides is 4. The second-order valence-corrected chi connectivity index (χ2v) is 21.2. The minimum Gasteiger partial charge on any atom is -0.508 e. The highest BCUT2D eigenvalue weighted by Crippen LogP contribution is 2.46. The topological polar surface area (TPSA) is 221 Å². The normalized spacial score (nSPS) is 15.5. The van der Waals surface area contributed by atoms with Gasteiger partial charge < -0.3 is 45.1 Å². The molecule has 4 amide bonds. The number of nitrogens with one attached hydrogen (secondary N) is 3. The molecule has 18 heteroatoms. The van der Waals surface area contributed by atoms with E-state index in [-0.39, 0.29) is 75.4 Å². The lowest BCUT2D eigenvalue weighted by molar-refractivity contribution is -0.144. The molecule has 5 aromatic carbocycles. The summed E-state index contributed by atoms with van der Waals surface area (Å²) in [6.07, 6.45) is 0.710. The Hall–Kier alpha value is -7.48. The van der Waals surface area contributed by atoms with E-state index in [0.717, 1.165) is 58.9 Å². The highest BCUT2D eigenvalue weighted by molar-refractivity contribution is 7.23. The number of aromatic hydroxyl groups is 2. The van der Waals surface area contributed by atoms with Crippen molar-refractivity contribution in [3.05, 3.63) is 143 Å². The molecule has 2 aromatic heterocycles. The number of nitrogens with zero attached hydrogens (tertiary/aromatic N) is 3. The standard InChI is InChI=1S/C57H60N6O10S2/c1-34(37-8-12-39(13-9-37)51-35(2)58-33-74-51)60-55(69)47-28-44(66)31-63(47)56(70)53(57(3,4)5)61-49(67)32-72-25-24-71-26-27-73-45-21-6-36(7-22-45)30-59-62-54(68)41-14-10-38(11-15-41)50-46-23-20-43(65)29-48(46)75-52(50)40-16-18-42(64)19-17-40/h6-23,29-30,33-34,44,47,53,64-66H,24-28,31-32H2,1-5H3,(H,60,69)(H,61,67)(H,62,68)/b59-30+/t34-,44+,47-,53+/m0/s1. The number of ether oxygens (including phenoxy) is 3. The van der Waals surface area contributed by atoms with Crippen LogP contribution in [0.5, 0.6) is 17.2 Å². The van der Waals surface area contributed by atoms with E-state index in [1.165, 1.54) is 22.5 Å². The summed E-state index contributed by atoms with van der Waals surface area (Å²) in [6, 6.07) is 32.2. The fourth-order valence-electron chi connectivity index (χ4n) is 8.68. The van der Waals surface area contributed by atoms with Crippen LogP contribution in [-0.2, 0) is 23.9 Å². The van der Waals surface area contributed by atoms with Crippen molar-refractivity contribution in [1.29, 1.82) is 0 Å². The maximum Gasteiger partial charge on any atom is 0.271 e. The molecule has 0 bridgehead atoms. The Morgan fingerprint density at radius 2 is 1.47 bits per heavy atom. The van der Waals surface area contributed by atoms with Gasteiger partial charge in [-0.1, -0.05) is 57.2 Å². The molecule has 0 aliphatic carbocycles. The molecule has 390 valence electrons. The number of aliphatic hydroxyl groups excluding tert-OH is 1. The maximum atomic E-state index is 14.0. The second kappa shape index (κ2) is 24.2. The number of carbonyl (C=O) groups excluding carboxylic acids is 4. The predicted octanol–water partition coefficient (Wildman–Crippen LogP) is 8.62. The first-order valence-corrected chi connectivity index (χ1v) is 26.2. The summed E-state index contributed by atoms with van der Waals surface area (Å²) in [7, 11) is 0. The van der Waals surface area contributed by atoms with E-state index in [4.69, 9.17) is 14.2 Å². The number of phenols is 2. The van der Waals surface area contributed by atoms with Crippen LogP contribution in [0.25, 0.3) is 42.1 Å². The van der Waals surface area contributed by atoms with Gasteiger partial charge in [-0.25, -0.2) is 10.4 Å². The molecule has 1 fully saturated rings. The highest BCUT2D eigenvalue weighted by atomic mass is 32.1. The molecule has 1 saturated heterocycles. The molecule has 75 heavy (non-hydrogen) atoms. The SMILES string of the molecule is Cc1ncsc1-c1ccc([C@H](C)NC(=O)[C@@H]2C[C@@H](O)CN2C(=O)[C@@H](NC(=O)COCCOCCOc2ccc(/C=N/NC(=O)c3ccc(-c4c(-c5ccc(O)cc5)sc5cc(O)ccc45)cc3)cc2)C(C)(C)C)cc1. The molecule has 0 unspecified atom stereocenters. The zero-order valence-corrected chi connectivity index (χ0v) is 43.9. The van der Waals surface area contributed by atoms with Crippen LogP contribution in [-0.4, -0.2) is 113 Å². The molecule has 6 N–H and O–H groups in total. The fourth-order valence-corrected chi connectivity index (χ4v) is 10.8. The Morgan fingerprint density at radius 1 is 0.813 bits per heavy atom. The van der Waals surface area contributed by atoms with E-state index >= 15 is 0 Å². The van der Waals surface area contributed by atoms with Crippen molar-refractivity contribution in [2.75, 3.05) is 39.6 Å². The number of aryl methyl sites for hydroxylation is 1. The minimum absolute atomic E-state index is 0.0367. The van der Waals surface area contributed by atoms with E-state index in [1.807, 2.05) is 94.7 Å². The number of β-amino-alcohol motifs (C(OH)–C–C–N with tert-alkyl or cyclic N) is 1. The van der Waals surface area contributed by atoms with Gasteiger partial charge in [0.05, 0.1) is 54.3 Å². The summed E-state index contributed by atoms with van der Waals surface area (Å²) in [5, 5.41) is 41.5. The van der Waals surface area contributed by atoms with E-state index in [0.29, 0.717) is 11.3 Å². The molecule has 3 heterocycles. The first kappa shape index (κ1) is 53.8. The Balaban J connectivity index is 0.729. The third kappa shape index (κ3) is 13.6. The lowest BCUT2D eigenvalue weighted by Gasteiger charge is -2.35. The van der Waals surface area contributed by atoms with Gasteiger partial charge in [-0.05, 0) is 126 Å². The number of hydrogen-bond acceptors (Lipinski definition) is 14. The Bertz CT molecular complexity index is 3130. The van der Waals surface area contributed by atoms with Gasteiger partial charge in [-0.2, -0.15) is 5.10 Å². The molecular formula is C57H60N6O10S2. The largest absolute Gasteiger partial charge is 0.508 e. The van der Waals surface area contributed by atoms with Crippen LogP contribution in [0, 0.1) is 12.3 Å². The molecule has 0 saturated carbocycles. The first-order chi connectivity index (χ1) is 36.0. The van der Waals surface area contributed by atoms with Crippen LogP contribution in [0.3, 0.4) is 0 Å². The van der Waals surface area contributed by atoms with Gasteiger partial charge in [0.1, 0.15) is 42.5 Å². The van der Waals surface area contributed by atoms with Gasteiger partial charge in [0, 0.05) is 39.1 Å². The number of hydrogen-bond donors (Lipinski definition) is 6. The van der Waals surface area contributed by atoms with Gasteiger partial charge in [-0.15, -0.1) is 22.7 Å². The van der Waals surface area contributed by atoms with Gasteiger partial charge in [0.2, 0.25) is 17.7 Å². The third-order valence-corrected chi connectivity index (χ3v) is 14.8. The summed E-state index contributed by atoms with van der Waals surface area (Å²) in [4.78, 5) is 61.5. The van der Waals surface area contributed by atoms with Crippen LogP contribution in [0.15, 0.2) is 126 Å². The number of aliphatic hydroxyl groups is 1. The van der Waals surface area contributed by atoms with Gasteiger partial charge in [-0.3, -0.25) is 19.2 Å². The van der Waals surface area contributed by atoms with Gasteiger partial charge in [0.15, 0.2) is 0 Å². The quantitative estimate of drug-likeness (QED) is 0.0241. The summed E-state index contributed by atoms with van der Waals surface area (Å²) >= 11 is 3.11. The van der Waals surface area contributed by atoms with Crippen molar-refractivity contribution in [2.24, 2.45) is 10.5 Å². The number of benzene rings is 5. The summed E-state index contributed by atoms with van der Waals surface area (Å²) < 4.78 is 17.9. The van der Waals surface area contributed by atoms with Crippen molar-refractivity contribution in [3.8, 4) is 49.3 Å². The Kier molecular flexibility index (Phi) is 17.4. The zero-order chi connectivity index (χ0) is 53.2. The van der Waals surface area contributed by atoms with Gasteiger partial charge in [0.25, 0.3) is 5.91 Å². The van der Waals surface area contributed by atoms with Crippen molar-refractivity contribution >= 4 is 62.6 Å². The fraction of sp³-hybridized carbons (Fsp3) is 0.298. The summed E-state index contributed by atoms with van der Waals surface area (Å²) in [5.74, 6) is -0.786. The number of likely N-dealkylation sites (tertiary alicyclic amines) is 1. The van der Waals surface area contributed by atoms with Crippen molar-refractivity contribution in [1.82, 2.24) is 25.9 Å². The molecule has 0 radical (unpaired) electrons. The van der Waals surface area contributed by atoms with Crippen LogP contribution in [0.1, 0.15) is 67.3 Å². The molecule has 0 spiro atoms. The minimum atomic E-state index is -0.993. The molecular weight excluding hydrogens is 993 g/mol. The zero-order valence-electron chi connectivity index (χ0n) is 42.2. The van der Waals surface area contributed by atoms with Crippen molar-refractivity contribution in [3.63, 3.8) is 0 Å². The maximum absolute atomic E-state index is 14.0. The number of hydrazone groups is 1. The monoisotopic (exact) mass is 1050 g/mol. The van der Waals surface area contributed by atoms with Crippen molar-refractivity contribution < 1.29 is 48.7 Å². The van der Waals surface area contributed by atoms with Crippen LogP contribution in [0.2, 0.25) is 0 Å². The Morgan fingerprint density at radius 3 is 2.16 bits per heavy atom. The number of phenolic OH excluding ortho intramolecular Hbond substituents is 2.